The maximum atomic E-state index is 12.6. The molecule has 3 rings (SSSR count). The minimum atomic E-state index is -0.442. The zero-order valence-corrected chi connectivity index (χ0v) is 15.1. The summed E-state index contributed by atoms with van der Waals surface area (Å²) in [7, 11) is 1.31. The molecule has 0 spiro atoms. The van der Waals surface area contributed by atoms with Gasteiger partial charge < -0.3 is 15.0 Å². The number of aromatic nitrogens is 1. The van der Waals surface area contributed by atoms with Gasteiger partial charge in [0.05, 0.1) is 12.7 Å². The van der Waals surface area contributed by atoms with Gasteiger partial charge in [0.25, 0.3) is 11.8 Å². The molecule has 7 nitrogen and oxygen atoms in total. The molecule has 1 fully saturated rings. The quantitative estimate of drug-likeness (QED) is 0.840. The number of carbonyl (C=O) groups excluding carboxylic acids is 3. The van der Waals surface area contributed by atoms with Crippen LogP contribution in [-0.4, -0.2) is 47.9 Å². The number of amides is 2. The molecule has 2 aromatic rings. The van der Waals surface area contributed by atoms with Crippen LogP contribution >= 0.6 is 0 Å². The number of benzene rings is 1. The number of esters is 1. The highest BCUT2D eigenvalue weighted by Gasteiger charge is 2.20. The van der Waals surface area contributed by atoms with Crippen molar-refractivity contribution >= 4 is 23.5 Å². The maximum Gasteiger partial charge on any atom is 0.337 e. The summed E-state index contributed by atoms with van der Waals surface area (Å²) in [6.45, 7) is 1.45. The molecule has 2 heterocycles. The number of rotatable bonds is 4. The number of nitrogens with zero attached hydrogens (tertiary/aromatic N) is 2. The SMILES string of the molecule is COC(=O)c1ccc(NC(=O)c2ccnc(C(=O)N3CCCCC3)c2)cc1. The molecule has 140 valence electrons. The van der Waals surface area contributed by atoms with Crippen LogP contribution in [-0.2, 0) is 4.74 Å². The molecule has 0 bridgehead atoms. The van der Waals surface area contributed by atoms with Gasteiger partial charge >= 0.3 is 5.97 Å². The van der Waals surface area contributed by atoms with E-state index in [9.17, 15) is 14.4 Å². The van der Waals surface area contributed by atoms with E-state index in [0.717, 1.165) is 32.4 Å². The van der Waals surface area contributed by atoms with Crippen LogP contribution in [0.2, 0.25) is 0 Å². The first kappa shape index (κ1) is 18.6. The Labute approximate surface area is 157 Å². The lowest BCUT2D eigenvalue weighted by Gasteiger charge is -2.26. The molecule has 1 aliphatic rings. The van der Waals surface area contributed by atoms with Crippen molar-refractivity contribution in [3.8, 4) is 0 Å². The van der Waals surface area contributed by atoms with E-state index in [1.165, 1.54) is 19.4 Å². The summed E-state index contributed by atoms with van der Waals surface area (Å²) in [5, 5.41) is 2.74. The monoisotopic (exact) mass is 367 g/mol. The largest absolute Gasteiger partial charge is 0.465 e. The fourth-order valence-corrected chi connectivity index (χ4v) is 2.96. The average molecular weight is 367 g/mol. The molecule has 7 heteroatoms. The number of anilines is 1. The van der Waals surface area contributed by atoms with Gasteiger partial charge in [-0.15, -0.1) is 0 Å². The number of hydrogen-bond acceptors (Lipinski definition) is 5. The van der Waals surface area contributed by atoms with Gasteiger partial charge in [0.15, 0.2) is 0 Å². The molecule has 27 heavy (non-hydrogen) atoms. The summed E-state index contributed by atoms with van der Waals surface area (Å²) >= 11 is 0. The summed E-state index contributed by atoms with van der Waals surface area (Å²) in [5.74, 6) is -0.939. The van der Waals surface area contributed by atoms with Crippen LogP contribution in [0.1, 0.15) is 50.5 Å². The second kappa shape index (κ2) is 8.44. The molecule has 1 saturated heterocycles. The minimum Gasteiger partial charge on any atom is -0.465 e. The Morgan fingerprint density at radius 1 is 1.00 bits per heavy atom. The Hall–Kier alpha value is -3.22. The molecule has 1 N–H and O–H groups in total. The zero-order chi connectivity index (χ0) is 19.2. The first-order valence-corrected chi connectivity index (χ1v) is 8.83. The van der Waals surface area contributed by atoms with Crippen LogP contribution in [0, 0.1) is 0 Å². The number of pyridine rings is 1. The van der Waals surface area contributed by atoms with Crippen molar-refractivity contribution in [2.75, 3.05) is 25.5 Å². The number of methoxy groups -OCH3 is 1. The highest BCUT2D eigenvalue weighted by atomic mass is 16.5. The van der Waals surface area contributed by atoms with Gasteiger partial charge in [-0.25, -0.2) is 4.79 Å². The molecule has 0 aliphatic carbocycles. The van der Waals surface area contributed by atoms with E-state index in [0.29, 0.717) is 16.8 Å². The minimum absolute atomic E-state index is 0.146. The van der Waals surface area contributed by atoms with Crippen LogP contribution in [0.4, 0.5) is 5.69 Å². The van der Waals surface area contributed by atoms with Crippen molar-refractivity contribution in [2.24, 2.45) is 0 Å². The number of ether oxygens (including phenoxy) is 1. The van der Waals surface area contributed by atoms with Crippen LogP contribution < -0.4 is 5.32 Å². The van der Waals surface area contributed by atoms with Crippen molar-refractivity contribution in [1.82, 2.24) is 9.88 Å². The molecular weight excluding hydrogens is 346 g/mol. The fraction of sp³-hybridized carbons (Fsp3) is 0.300. The van der Waals surface area contributed by atoms with Crippen LogP contribution in [0.5, 0.6) is 0 Å². The van der Waals surface area contributed by atoms with Gasteiger partial charge in [-0.3, -0.25) is 14.6 Å². The molecule has 0 atom stereocenters. The Kier molecular flexibility index (Phi) is 5.80. The van der Waals surface area contributed by atoms with Gasteiger partial charge in [0.2, 0.25) is 0 Å². The number of likely N-dealkylation sites (tertiary alicyclic amines) is 1. The van der Waals surface area contributed by atoms with E-state index >= 15 is 0 Å². The smallest absolute Gasteiger partial charge is 0.337 e. The highest BCUT2D eigenvalue weighted by Crippen LogP contribution is 2.15. The van der Waals surface area contributed by atoms with E-state index in [1.54, 1.807) is 35.2 Å². The van der Waals surface area contributed by atoms with Crippen molar-refractivity contribution in [3.63, 3.8) is 0 Å². The number of nitrogens with one attached hydrogen (secondary N) is 1. The normalized spacial score (nSPS) is 13.7. The molecule has 0 saturated carbocycles. The molecule has 1 aliphatic heterocycles. The van der Waals surface area contributed by atoms with Gasteiger partial charge in [-0.1, -0.05) is 0 Å². The van der Waals surface area contributed by atoms with Crippen LogP contribution in [0.3, 0.4) is 0 Å². The topological polar surface area (TPSA) is 88.6 Å². The predicted molar refractivity (Wildman–Crippen MR) is 99.7 cm³/mol. The second-order valence-corrected chi connectivity index (χ2v) is 6.31. The van der Waals surface area contributed by atoms with Crippen molar-refractivity contribution in [1.29, 1.82) is 0 Å². The lowest BCUT2D eigenvalue weighted by atomic mass is 10.1. The van der Waals surface area contributed by atoms with E-state index in [-0.39, 0.29) is 17.5 Å². The van der Waals surface area contributed by atoms with Gasteiger partial charge in [-0.2, -0.15) is 0 Å². The highest BCUT2D eigenvalue weighted by molar-refractivity contribution is 6.05. The van der Waals surface area contributed by atoms with Crippen molar-refractivity contribution < 1.29 is 19.1 Å². The van der Waals surface area contributed by atoms with Gasteiger partial charge in [-0.05, 0) is 55.7 Å². The third-order valence-corrected chi connectivity index (χ3v) is 4.45. The maximum absolute atomic E-state index is 12.6. The molecule has 0 unspecified atom stereocenters. The Bertz CT molecular complexity index is 843. The fourth-order valence-electron chi connectivity index (χ4n) is 2.96. The van der Waals surface area contributed by atoms with Crippen molar-refractivity contribution in [3.05, 3.63) is 59.4 Å². The van der Waals surface area contributed by atoms with Crippen LogP contribution in [0.15, 0.2) is 42.6 Å². The van der Waals surface area contributed by atoms with E-state index in [2.05, 4.69) is 15.0 Å². The Morgan fingerprint density at radius 3 is 2.37 bits per heavy atom. The van der Waals surface area contributed by atoms with Gasteiger partial charge in [0, 0.05) is 30.5 Å². The van der Waals surface area contributed by atoms with E-state index in [4.69, 9.17) is 0 Å². The molecule has 0 radical (unpaired) electrons. The van der Waals surface area contributed by atoms with E-state index in [1.807, 2.05) is 0 Å². The first-order chi connectivity index (χ1) is 13.1. The lowest BCUT2D eigenvalue weighted by molar-refractivity contribution is 0.0600. The number of hydrogen-bond donors (Lipinski definition) is 1. The Morgan fingerprint density at radius 2 is 1.70 bits per heavy atom. The number of carbonyl (C=O) groups is 3. The molecule has 1 aromatic carbocycles. The van der Waals surface area contributed by atoms with Crippen molar-refractivity contribution in [2.45, 2.75) is 19.3 Å². The Balaban J connectivity index is 1.69. The predicted octanol–water partition coefficient (Wildman–Crippen LogP) is 2.75. The van der Waals surface area contributed by atoms with E-state index < -0.39 is 5.97 Å². The summed E-state index contributed by atoms with van der Waals surface area (Å²) in [5.41, 5.74) is 1.55. The average Bonchev–Trinajstić information content (AvgIpc) is 2.74. The lowest BCUT2D eigenvalue weighted by Crippen LogP contribution is -2.36. The summed E-state index contributed by atoms with van der Waals surface area (Å²) in [4.78, 5) is 42.4. The van der Waals surface area contributed by atoms with Crippen LogP contribution in [0.25, 0.3) is 0 Å². The third-order valence-electron chi connectivity index (χ3n) is 4.45. The zero-order valence-electron chi connectivity index (χ0n) is 15.1. The molecular formula is C20H21N3O4. The summed E-state index contributed by atoms with van der Waals surface area (Å²) < 4.78 is 4.64. The first-order valence-electron chi connectivity index (χ1n) is 8.83. The molecule has 2 amide bonds. The second-order valence-electron chi connectivity index (χ2n) is 6.31. The summed E-state index contributed by atoms with van der Waals surface area (Å²) in [6.07, 6.45) is 4.59. The molecule has 1 aromatic heterocycles. The summed E-state index contributed by atoms with van der Waals surface area (Å²) in [6, 6.07) is 9.44. The third kappa shape index (κ3) is 4.49. The number of piperidine rings is 1. The standard InChI is InChI=1S/C20H21N3O4/c1-27-20(26)14-5-7-16(8-6-14)22-18(24)15-9-10-21-17(13-15)19(25)23-11-3-2-4-12-23/h5-10,13H,2-4,11-12H2,1H3,(H,22,24). The van der Waals surface area contributed by atoms with Gasteiger partial charge in [0.1, 0.15) is 5.69 Å².